The van der Waals surface area contributed by atoms with Crippen LogP contribution in [-0.2, 0) is 11.0 Å². The van der Waals surface area contributed by atoms with Crippen LogP contribution in [0, 0.1) is 26.6 Å². The van der Waals surface area contributed by atoms with Crippen molar-refractivity contribution < 1.29 is 8.60 Å². The molecule has 1 N–H and O–H groups in total. The normalized spacial score (nSPS) is 13.4. The SMILES string of the molecule is Cc1cc(C)c(S(=O)NC(C)CSc2cccc3c2cnn3-c2ccc(F)cc2)c(C)c1. The second-order valence-electron chi connectivity index (χ2n) is 8.05. The molecule has 0 saturated heterocycles. The zero-order valence-corrected chi connectivity index (χ0v) is 20.2. The van der Waals surface area contributed by atoms with Crippen molar-refractivity contribution in [2.24, 2.45) is 0 Å². The van der Waals surface area contributed by atoms with Crippen molar-refractivity contribution in [1.29, 1.82) is 0 Å². The number of thioether (sulfide) groups is 1. The monoisotopic (exact) mass is 467 g/mol. The predicted molar refractivity (Wildman–Crippen MR) is 131 cm³/mol. The summed E-state index contributed by atoms with van der Waals surface area (Å²) in [5.41, 5.74) is 5.06. The Morgan fingerprint density at radius 3 is 2.47 bits per heavy atom. The molecule has 0 fully saturated rings. The molecular weight excluding hydrogens is 441 g/mol. The van der Waals surface area contributed by atoms with Crippen LogP contribution >= 0.6 is 11.8 Å². The summed E-state index contributed by atoms with van der Waals surface area (Å²) in [5.74, 6) is 0.493. The Balaban J connectivity index is 1.47. The largest absolute Gasteiger partial charge is 0.237 e. The molecule has 1 heterocycles. The van der Waals surface area contributed by atoms with Gasteiger partial charge in [-0.25, -0.2) is 18.0 Å². The molecule has 0 aliphatic carbocycles. The van der Waals surface area contributed by atoms with E-state index >= 15 is 0 Å². The van der Waals surface area contributed by atoms with E-state index in [1.54, 1.807) is 23.9 Å². The number of halogens is 1. The molecule has 3 aromatic carbocycles. The van der Waals surface area contributed by atoms with Crippen LogP contribution in [0.4, 0.5) is 4.39 Å². The van der Waals surface area contributed by atoms with Gasteiger partial charge in [0.1, 0.15) is 16.8 Å². The van der Waals surface area contributed by atoms with Gasteiger partial charge in [0.2, 0.25) is 0 Å². The molecule has 166 valence electrons. The fourth-order valence-electron chi connectivity index (χ4n) is 3.89. The molecule has 0 amide bonds. The molecule has 1 aromatic heterocycles. The Morgan fingerprint density at radius 2 is 1.78 bits per heavy atom. The maximum absolute atomic E-state index is 13.3. The van der Waals surface area contributed by atoms with Crippen LogP contribution in [-0.4, -0.2) is 25.8 Å². The van der Waals surface area contributed by atoms with Crippen molar-refractivity contribution in [1.82, 2.24) is 14.5 Å². The molecule has 7 heteroatoms. The molecule has 2 atom stereocenters. The first kappa shape index (κ1) is 22.7. The van der Waals surface area contributed by atoms with Crippen LogP contribution in [0.2, 0.25) is 0 Å². The number of aromatic nitrogens is 2. The molecule has 0 saturated carbocycles. The van der Waals surface area contributed by atoms with Crippen molar-refractivity contribution >= 4 is 33.7 Å². The highest BCUT2D eigenvalue weighted by molar-refractivity contribution is 7.99. The Morgan fingerprint density at radius 1 is 1.09 bits per heavy atom. The third-order valence-electron chi connectivity index (χ3n) is 5.23. The van der Waals surface area contributed by atoms with Crippen molar-refractivity contribution in [3.05, 3.63) is 83.3 Å². The lowest BCUT2D eigenvalue weighted by molar-refractivity contribution is 0.627. The van der Waals surface area contributed by atoms with E-state index in [0.717, 1.165) is 43.3 Å². The maximum Gasteiger partial charge on any atom is 0.125 e. The van der Waals surface area contributed by atoms with Gasteiger partial charge in [-0.05, 0) is 75.2 Å². The number of fused-ring (bicyclic) bond motifs is 1. The lowest BCUT2D eigenvalue weighted by atomic mass is 10.1. The van der Waals surface area contributed by atoms with Gasteiger partial charge in [0.05, 0.1) is 22.3 Å². The summed E-state index contributed by atoms with van der Waals surface area (Å²) in [7, 11) is -1.26. The van der Waals surface area contributed by atoms with Gasteiger partial charge < -0.3 is 0 Å². The number of hydrogen-bond acceptors (Lipinski definition) is 3. The molecule has 32 heavy (non-hydrogen) atoms. The van der Waals surface area contributed by atoms with Crippen molar-refractivity contribution in [2.45, 2.75) is 43.5 Å². The van der Waals surface area contributed by atoms with Crippen molar-refractivity contribution in [3.8, 4) is 5.69 Å². The number of rotatable bonds is 7. The van der Waals surface area contributed by atoms with Gasteiger partial charge in [0.25, 0.3) is 0 Å². The van der Waals surface area contributed by atoms with Gasteiger partial charge in [-0.1, -0.05) is 23.8 Å². The molecule has 4 rings (SSSR count). The van der Waals surface area contributed by atoms with E-state index in [9.17, 15) is 8.60 Å². The van der Waals surface area contributed by atoms with Crippen LogP contribution in [0.3, 0.4) is 0 Å². The highest BCUT2D eigenvalue weighted by Crippen LogP contribution is 2.30. The first-order valence-electron chi connectivity index (χ1n) is 10.4. The summed E-state index contributed by atoms with van der Waals surface area (Å²) in [4.78, 5) is 1.98. The summed E-state index contributed by atoms with van der Waals surface area (Å²) in [6.07, 6.45) is 1.84. The lowest BCUT2D eigenvalue weighted by Gasteiger charge is -2.16. The third kappa shape index (κ3) is 4.80. The molecule has 4 aromatic rings. The number of hydrogen-bond donors (Lipinski definition) is 1. The van der Waals surface area contributed by atoms with E-state index in [1.807, 2.05) is 43.8 Å². The molecule has 0 aliphatic rings. The smallest absolute Gasteiger partial charge is 0.125 e. The Labute approximate surface area is 194 Å². The standard InChI is InChI=1S/C25H26FN3OS2/c1-16-12-17(2)25(18(3)13-16)32(30)28-19(4)15-31-24-7-5-6-23-22(24)14-27-29(23)21-10-8-20(26)9-11-21/h5-14,19,28H,15H2,1-4H3. The third-order valence-corrected chi connectivity index (χ3v) is 8.20. The van der Waals surface area contributed by atoms with Crippen LogP contribution in [0.25, 0.3) is 16.6 Å². The fourth-order valence-corrected chi connectivity index (χ4v) is 6.26. The highest BCUT2D eigenvalue weighted by atomic mass is 32.2. The number of nitrogens with zero attached hydrogens (tertiary/aromatic N) is 2. The van der Waals surface area contributed by atoms with Crippen molar-refractivity contribution in [2.75, 3.05) is 5.75 Å². The molecule has 4 nitrogen and oxygen atoms in total. The Bertz CT molecular complexity index is 1260. The minimum Gasteiger partial charge on any atom is -0.237 e. The quantitative estimate of drug-likeness (QED) is 0.345. The van der Waals surface area contributed by atoms with Gasteiger partial charge in [-0.2, -0.15) is 5.10 Å². The minimum atomic E-state index is -1.26. The Hall–Kier alpha value is -2.48. The first-order valence-corrected chi connectivity index (χ1v) is 12.6. The summed E-state index contributed by atoms with van der Waals surface area (Å²) in [6.45, 7) is 8.12. The molecule has 0 bridgehead atoms. The Kier molecular flexibility index (Phi) is 6.79. The molecule has 2 unspecified atom stereocenters. The van der Waals surface area contributed by atoms with E-state index in [4.69, 9.17) is 0 Å². The number of nitrogens with one attached hydrogen (secondary N) is 1. The molecular formula is C25H26FN3OS2. The second kappa shape index (κ2) is 9.57. The highest BCUT2D eigenvalue weighted by Gasteiger charge is 2.15. The number of benzene rings is 3. The van der Waals surface area contributed by atoms with Gasteiger partial charge in [0, 0.05) is 22.1 Å². The average molecular weight is 468 g/mol. The van der Waals surface area contributed by atoms with Gasteiger partial charge in [0.15, 0.2) is 0 Å². The lowest BCUT2D eigenvalue weighted by Crippen LogP contribution is -2.30. The van der Waals surface area contributed by atoms with E-state index in [1.165, 1.54) is 17.7 Å². The van der Waals surface area contributed by atoms with Crippen LogP contribution in [0.1, 0.15) is 23.6 Å². The van der Waals surface area contributed by atoms with E-state index in [-0.39, 0.29) is 11.9 Å². The summed E-state index contributed by atoms with van der Waals surface area (Å²) >= 11 is 1.71. The van der Waals surface area contributed by atoms with Crippen LogP contribution in [0.15, 0.2) is 70.6 Å². The minimum absolute atomic E-state index is 0.0448. The van der Waals surface area contributed by atoms with Crippen LogP contribution < -0.4 is 4.72 Å². The molecule has 0 spiro atoms. The van der Waals surface area contributed by atoms with Crippen molar-refractivity contribution in [3.63, 3.8) is 0 Å². The second-order valence-corrected chi connectivity index (χ2v) is 10.3. The predicted octanol–water partition coefficient (Wildman–Crippen LogP) is 5.88. The maximum atomic E-state index is 13.3. The van der Waals surface area contributed by atoms with Crippen LogP contribution in [0.5, 0.6) is 0 Å². The molecule has 0 aliphatic heterocycles. The molecule has 0 radical (unpaired) electrons. The zero-order chi connectivity index (χ0) is 22.8. The zero-order valence-electron chi connectivity index (χ0n) is 18.6. The summed E-state index contributed by atoms with van der Waals surface area (Å²) < 4.78 is 31.3. The van der Waals surface area contributed by atoms with E-state index in [0.29, 0.717) is 0 Å². The van der Waals surface area contributed by atoms with E-state index < -0.39 is 11.0 Å². The number of aryl methyl sites for hydroxylation is 3. The van der Waals surface area contributed by atoms with E-state index in [2.05, 4.69) is 34.9 Å². The topological polar surface area (TPSA) is 46.9 Å². The van der Waals surface area contributed by atoms with Gasteiger partial charge >= 0.3 is 0 Å². The summed E-state index contributed by atoms with van der Waals surface area (Å²) in [5, 5.41) is 5.56. The van der Waals surface area contributed by atoms with Gasteiger partial charge in [-0.3, -0.25) is 0 Å². The van der Waals surface area contributed by atoms with Gasteiger partial charge in [-0.15, -0.1) is 11.8 Å². The first-order chi connectivity index (χ1) is 15.3. The summed E-state index contributed by atoms with van der Waals surface area (Å²) in [6, 6.07) is 16.6. The average Bonchev–Trinajstić information content (AvgIpc) is 3.17. The fraction of sp³-hybridized carbons (Fsp3) is 0.240.